The third kappa shape index (κ3) is 1.67. The first-order chi connectivity index (χ1) is 5.34. The van der Waals surface area contributed by atoms with E-state index in [0.29, 0.717) is 6.04 Å². The Morgan fingerprint density at radius 3 is 2.82 bits per heavy atom. The van der Waals surface area contributed by atoms with E-state index in [1.165, 1.54) is 25.1 Å². The standard InChI is InChI=1S/C8H9FN2/c9-8-4-3-7(5-10-8)11-6-1-2-6/h3-6,11H,1-2H2. The summed E-state index contributed by atoms with van der Waals surface area (Å²) in [6.07, 6.45) is 3.96. The van der Waals surface area contributed by atoms with Gasteiger partial charge in [-0.3, -0.25) is 0 Å². The maximum Gasteiger partial charge on any atom is 0.212 e. The number of rotatable bonds is 2. The van der Waals surface area contributed by atoms with Crippen molar-refractivity contribution in [3.63, 3.8) is 0 Å². The van der Waals surface area contributed by atoms with Gasteiger partial charge in [-0.15, -0.1) is 0 Å². The molecule has 2 nitrogen and oxygen atoms in total. The van der Waals surface area contributed by atoms with Gasteiger partial charge in [0.25, 0.3) is 0 Å². The third-order valence-electron chi connectivity index (χ3n) is 1.68. The van der Waals surface area contributed by atoms with Crippen LogP contribution in [0.2, 0.25) is 0 Å². The molecule has 1 fully saturated rings. The quantitative estimate of drug-likeness (QED) is 0.653. The van der Waals surface area contributed by atoms with Crippen LogP contribution in [0.25, 0.3) is 0 Å². The van der Waals surface area contributed by atoms with Crippen LogP contribution < -0.4 is 5.32 Å². The van der Waals surface area contributed by atoms with Crippen LogP contribution in [-0.4, -0.2) is 11.0 Å². The van der Waals surface area contributed by atoms with E-state index < -0.39 is 5.95 Å². The first kappa shape index (κ1) is 6.58. The molecule has 0 atom stereocenters. The van der Waals surface area contributed by atoms with Gasteiger partial charge in [0.05, 0.1) is 11.9 Å². The van der Waals surface area contributed by atoms with Crippen molar-refractivity contribution in [2.45, 2.75) is 18.9 Å². The first-order valence-electron chi connectivity index (χ1n) is 3.73. The lowest BCUT2D eigenvalue weighted by atomic mass is 10.4. The lowest BCUT2D eigenvalue weighted by Gasteiger charge is -2.01. The van der Waals surface area contributed by atoms with E-state index >= 15 is 0 Å². The highest BCUT2D eigenvalue weighted by Crippen LogP contribution is 2.23. The molecular weight excluding hydrogens is 143 g/mol. The van der Waals surface area contributed by atoms with Crippen molar-refractivity contribution in [2.75, 3.05) is 5.32 Å². The Labute approximate surface area is 64.5 Å². The normalized spacial score (nSPS) is 16.5. The molecule has 58 valence electrons. The average Bonchev–Trinajstić information content (AvgIpc) is 2.78. The van der Waals surface area contributed by atoms with Crippen molar-refractivity contribution in [2.24, 2.45) is 0 Å². The predicted octanol–water partition coefficient (Wildman–Crippen LogP) is 1.79. The molecule has 1 aliphatic rings. The number of nitrogens with one attached hydrogen (secondary N) is 1. The topological polar surface area (TPSA) is 24.9 Å². The molecule has 1 saturated carbocycles. The summed E-state index contributed by atoms with van der Waals surface area (Å²) in [6, 6.07) is 3.67. The molecular formula is C8H9FN2. The van der Waals surface area contributed by atoms with Gasteiger partial charge in [-0.05, 0) is 25.0 Å². The maximum atomic E-state index is 12.3. The summed E-state index contributed by atoms with van der Waals surface area (Å²) >= 11 is 0. The largest absolute Gasteiger partial charge is 0.381 e. The summed E-state index contributed by atoms with van der Waals surface area (Å²) in [5, 5.41) is 3.21. The minimum atomic E-state index is -0.425. The smallest absolute Gasteiger partial charge is 0.212 e. The van der Waals surface area contributed by atoms with E-state index in [2.05, 4.69) is 10.3 Å². The zero-order valence-electron chi connectivity index (χ0n) is 6.05. The van der Waals surface area contributed by atoms with Crippen LogP contribution in [0.5, 0.6) is 0 Å². The summed E-state index contributed by atoms with van der Waals surface area (Å²) in [5.41, 5.74) is 0.911. The zero-order chi connectivity index (χ0) is 7.68. The molecule has 11 heavy (non-hydrogen) atoms. The van der Waals surface area contributed by atoms with E-state index in [1.54, 1.807) is 6.07 Å². The monoisotopic (exact) mass is 152 g/mol. The lowest BCUT2D eigenvalue weighted by molar-refractivity contribution is 0.584. The van der Waals surface area contributed by atoms with Crippen LogP contribution in [0.3, 0.4) is 0 Å². The Hall–Kier alpha value is -1.12. The summed E-state index contributed by atoms with van der Waals surface area (Å²) in [5.74, 6) is -0.425. The second-order valence-electron chi connectivity index (χ2n) is 2.79. The second-order valence-corrected chi connectivity index (χ2v) is 2.79. The summed E-state index contributed by atoms with van der Waals surface area (Å²) < 4.78 is 12.3. The fraction of sp³-hybridized carbons (Fsp3) is 0.375. The van der Waals surface area contributed by atoms with Gasteiger partial charge in [0.2, 0.25) is 5.95 Å². The maximum absolute atomic E-state index is 12.3. The molecule has 0 saturated heterocycles. The van der Waals surface area contributed by atoms with Crippen molar-refractivity contribution < 1.29 is 4.39 Å². The van der Waals surface area contributed by atoms with Crippen LogP contribution in [0.1, 0.15) is 12.8 Å². The fourth-order valence-electron chi connectivity index (χ4n) is 0.925. The molecule has 0 amide bonds. The second kappa shape index (κ2) is 2.49. The Morgan fingerprint density at radius 1 is 1.45 bits per heavy atom. The van der Waals surface area contributed by atoms with Crippen molar-refractivity contribution in [1.29, 1.82) is 0 Å². The Kier molecular flexibility index (Phi) is 1.49. The molecule has 1 N–H and O–H groups in total. The lowest BCUT2D eigenvalue weighted by Crippen LogP contribution is -2.00. The zero-order valence-corrected chi connectivity index (χ0v) is 6.05. The van der Waals surface area contributed by atoms with Gasteiger partial charge in [0.1, 0.15) is 0 Å². The summed E-state index contributed by atoms with van der Waals surface area (Å²) in [6.45, 7) is 0. The molecule has 0 bridgehead atoms. The van der Waals surface area contributed by atoms with E-state index in [1.807, 2.05) is 0 Å². The average molecular weight is 152 g/mol. The molecule has 2 rings (SSSR count). The minimum absolute atomic E-state index is 0.425. The van der Waals surface area contributed by atoms with Crippen LogP contribution in [-0.2, 0) is 0 Å². The molecule has 1 heterocycles. The number of pyridine rings is 1. The van der Waals surface area contributed by atoms with Gasteiger partial charge in [-0.2, -0.15) is 4.39 Å². The number of nitrogens with zero attached hydrogens (tertiary/aromatic N) is 1. The molecule has 0 unspecified atom stereocenters. The van der Waals surface area contributed by atoms with Crippen molar-refractivity contribution in [3.8, 4) is 0 Å². The molecule has 0 spiro atoms. The highest BCUT2D eigenvalue weighted by molar-refractivity contribution is 5.42. The molecule has 0 radical (unpaired) electrons. The van der Waals surface area contributed by atoms with Crippen molar-refractivity contribution in [3.05, 3.63) is 24.3 Å². The van der Waals surface area contributed by atoms with Crippen molar-refractivity contribution in [1.82, 2.24) is 4.98 Å². The predicted molar refractivity (Wildman–Crippen MR) is 40.8 cm³/mol. The van der Waals surface area contributed by atoms with Gasteiger partial charge in [0, 0.05) is 6.04 Å². The van der Waals surface area contributed by atoms with Crippen LogP contribution in [0.4, 0.5) is 10.1 Å². The Morgan fingerprint density at radius 2 is 2.27 bits per heavy atom. The van der Waals surface area contributed by atoms with Crippen LogP contribution >= 0.6 is 0 Å². The SMILES string of the molecule is Fc1ccc(NC2CC2)cn1. The van der Waals surface area contributed by atoms with E-state index in [-0.39, 0.29) is 0 Å². The molecule has 1 aliphatic carbocycles. The highest BCUT2D eigenvalue weighted by atomic mass is 19.1. The molecule has 0 aromatic carbocycles. The van der Waals surface area contributed by atoms with Gasteiger partial charge in [-0.25, -0.2) is 4.98 Å². The third-order valence-corrected chi connectivity index (χ3v) is 1.68. The van der Waals surface area contributed by atoms with Crippen molar-refractivity contribution >= 4 is 5.69 Å². The first-order valence-corrected chi connectivity index (χ1v) is 3.73. The molecule has 0 aliphatic heterocycles. The molecule has 1 aromatic rings. The van der Waals surface area contributed by atoms with E-state index in [9.17, 15) is 4.39 Å². The fourth-order valence-corrected chi connectivity index (χ4v) is 0.925. The van der Waals surface area contributed by atoms with Gasteiger partial charge in [0.15, 0.2) is 0 Å². The number of halogens is 1. The summed E-state index contributed by atoms with van der Waals surface area (Å²) in [7, 11) is 0. The van der Waals surface area contributed by atoms with Crippen LogP contribution in [0, 0.1) is 5.95 Å². The number of hydrogen-bond donors (Lipinski definition) is 1. The van der Waals surface area contributed by atoms with Gasteiger partial charge in [-0.1, -0.05) is 0 Å². The molecule has 1 aromatic heterocycles. The van der Waals surface area contributed by atoms with Gasteiger partial charge < -0.3 is 5.32 Å². The number of hydrogen-bond acceptors (Lipinski definition) is 2. The Bertz CT molecular complexity index is 241. The van der Waals surface area contributed by atoms with Crippen LogP contribution in [0.15, 0.2) is 18.3 Å². The summed E-state index contributed by atoms with van der Waals surface area (Å²) in [4.78, 5) is 3.53. The number of anilines is 1. The van der Waals surface area contributed by atoms with Gasteiger partial charge >= 0.3 is 0 Å². The van der Waals surface area contributed by atoms with E-state index in [4.69, 9.17) is 0 Å². The highest BCUT2D eigenvalue weighted by Gasteiger charge is 2.20. The minimum Gasteiger partial charge on any atom is -0.381 e. The molecule has 3 heteroatoms. The Balaban J connectivity index is 2.06. The van der Waals surface area contributed by atoms with E-state index in [0.717, 1.165) is 5.69 Å². The number of aromatic nitrogens is 1.